The lowest BCUT2D eigenvalue weighted by Gasteiger charge is -2.62. The Morgan fingerprint density at radius 2 is 1.63 bits per heavy atom. The number of rotatable bonds is 5. The summed E-state index contributed by atoms with van der Waals surface area (Å²) in [5.74, 6) is 0.351. The normalized spacial score (nSPS) is 50.1. The Balaban J connectivity index is 1.53. The molecule has 0 heterocycles. The smallest absolute Gasteiger partial charge is 0.303 e. The van der Waals surface area contributed by atoms with Crippen molar-refractivity contribution < 1.29 is 30.3 Å². The van der Waals surface area contributed by atoms with Crippen LogP contribution in [-0.4, -0.2) is 55.9 Å². The predicted octanol–water partition coefficient (Wildman–Crippen LogP) is 2.56. The van der Waals surface area contributed by atoms with Gasteiger partial charge in [0.15, 0.2) is 0 Å². The van der Waals surface area contributed by atoms with Gasteiger partial charge < -0.3 is 25.5 Å². The maximum Gasteiger partial charge on any atom is 0.303 e. The summed E-state index contributed by atoms with van der Waals surface area (Å²) in [6.07, 6.45) is 4.61. The van der Waals surface area contributed by atoms with E-state index in [0.29, 0.717) is 17.8 Å². The summed E-state index contributed by atoms with van der Waals surface area (Å²) in [5.41, 5.74) is 0.0330. The van der Waals surface area contributed by atoms with Crippen molar-refractivity contribution in [1.29, 1.82) is 0 Å². The van der Waals surface area contributed by atoms with E-state index in [9.17, 15) is 25.2 Å². The van der Waals surface area contributed by atoms with E-state index in [0.717, 1.165) is 51.4 Å². The van der Waals surface area contributed by atoms with Gasteiger partial charge >= 0.3 is 5.97 Å². The average Bonchev–Trinajstić information content (AvgIpc) is 3.04. The first-order valence-electron chi connectivity index (χ1n) is 12.0. The van der Waals surface area contributed by atoms with Crippen molar-refractivity contribution in [3.63, 3.8) is 0 Å². The quantitative estimate of drug-likeness (QED) is 0.463. The Labute approximate surface area is 179 Å². The van der Waals surface area contributed by atoms with Gasteiger partial charge in [0.1, 0.15) is 0 Å². The van der Waals surface area contributed by atoms with Crippen molar-refractivity contribution >= 4 is 5.97 Å². The van der Waals surface area contributed by atoms with Gasteiger partial charge in [-0.15, -0.1) is 0 Å². The van der Waals surface area contributed by atoms with Gasteiger partial charge in [0, 0.05) is 6.42 Å². The second kappa shape index (κ2) is 8.02. The maximum atomic E-state index is 11.2. The van der Waals surface area contributed by atoms with Crippen LogP contribution in [0.3, 0.4) is 0 Å². The van der Waals surface area contributed by atoms with Crippen molar-refractivity contribution in [2.24, 2.45) is 40.4 Å². The Kier molecular flexibility index (Phi) is 6.02. The third-order valence-corrected chi connectivity index (χ3v) is 10.2. The lowest BCUT2D eigenvalue weighted by Crippen LogP contribution is -2.59. The molecule has 0 saturated heterocycles. The summed E-state index contributed by atoms with van der Waals surface area (Å²) in [6, 6.07) is 0. The van der Waals surface area contributed by atoms with Crippen LogP contribution in [0.4, 0.5) is 0 Å². The number of aliphatic hydroxyl groups excluding tert-OH is 4. The van der Waals surface area contributed by atoms with Gasteiger partial charge in [-0.3, -0.25) is 4.79 Å². The molecule has 4 aliphatic rings. The van der Waals surface area contributed by atoms with Crippen molar-refractivity contribution in [1.82, 2.24) is 0 Å². The van der Waals surface area contributed by atoms with Crippen LogP contribution in [0.25, 0.3) is 0 Å². The summed E-state index contributed by atoms with van der Waals surface area (Å²) < 4.78 is 0. The molecule has 4 aliphatic carbocycles. The SMILES string of the molecule is C[C@]12CC[C@@H](O)CC1CC(O)C1C2CC[C@@]2(C)C1CCC2[C@H](O)C(O)CCC(=O)O. The number of carbonyl (C=O) groups is 1. The van der Waals surface area contributed by atoms with E-state index in [2.05, 4.69) is 13.8 Å². The van der Waals surface area contributed by atoms with E-state index in [-0.39, 0.29) is 47.7 Å². The van der Waals surface area contributed by atoms with E-state index in [4.69, 9.17) is 5.11 Å². The van der Waals surface area contributed by atoms with E-state index in [1.807, 2.05) is 0 Å². The molecule has 172 valence electrons. The minimum absolute atomic E-state index is 0.0573. The van der Waals surface area contributed by atoms with Gasteiger partial charge in [-0.05, 0) is 98.2 Å². The molecule has 0 aromatic carbocycles. The fourth-order valence-electron chi connectivity index (χ4n) is 8.51. The summed E-state index contributed by atoms with van der Waals surface area (Å²) in [6.45, 7) is 4.61. The fraction of sp³-hybridized carbons (Fsp3) is 0.958. The third-order valence-electron chi connectivity index (χ3n) is 10.2. The van der Waals surface area contributed by atoms with Crippen LogP contribution >= 0.6 is 0 Å². The highest BCUT2D eigenvalue weighted by atomic mass is 16.4. The first kappa shape index (κ1) is 22.5. The van der Waals surface area contributed by atoms with Crippen LogP contribution in [0.15, 0.2) is 0 Å². The van der Waals surface area contributed by atoms with Gasteiger partial charge in [-0.25, -0.2) is 0 Å². The van der Waals surface area contributed by atoms with Crippen molar-refractivity contribution in [3.8, 4) is 0 Å². The highest BCUT2D eigenvalue weighted by Gasteiger charge is 2.63. The number of carboxylic acids is 1. The first-order valence-corrected chi connectivity index (χ1v) is 12.0. The zero-order valence-corrected chi connectivity index (χ0v) is 18.4. The molecule has 0 bridgehead atoms. The third kappa shape index (κ3) is 3.52. The molecule has 7 unspecified atom stereocenters. The molecule has 4 saturated carbocycles. The monoisotopic (exact) mass is 424 g/mol. The highest BCUT2D eigenvalue weighted by molar-refractivity contribution is 5.66. The maximum absolute atomic E-state index is 11.2. The Morgan fingerprint density at radius 1 is 0.967 bits per heavy atom. The van der Waals surface area contributed by atoms with Gasteiger partial charge in [-0.1, -0.05) is 13.8 Å². The van der Waals surface area contributed by atoms with Crippen LogP contribution in [0.2, 0.25) is 0 Å². The number of hydrogen-bond donors (Lipinski definition) is 5. The number of fused-ring (bicyclic) bond motifs is 5. The number of carboxylic acid groups (broad SMARTS) is 1. The second-order valence-corrected chi connectivity index (χ2v) is 11.4. The molecule has 11 atom stereocenters. The van der Waals surface area contributed by atoms with Crippen molar-refractivity contribution in [3.05, 3.63) is 0 Å². The molecule has 6 nitrogen and oxygen atoms in total. The minimum atomic E-state index is -1.02. The molecule has 5 N–H and O–H groups in total. The van der Waals surface area contributed by atoms with Gasteiger partial charge in [0.05, 0.1) is 24.4 Å². The van der Waals surface area contributed by atoms with E-state index in [1.165, 1.54) is 0 Å². The molecule has 0 aliphatic heterocycles. The van der Waals surface area contributed by atoms with Crippen molar-refractivity contribution in [2.45, 2.75) is 102 Å². The Hall–Kier alpha value is -0.690. The van der Waals surface area contributed by atoms with Gasteiger partial charge in [0.2, 0.25) is 0 Å². The van der Waals surface area contributed by atoms with Crippen LogP contribution in [0, 0.1) is 40.4 Å². The number of aliphatic hydroxyl groups is 4. The molecule has 6 heteroatoms. The summed E-state index contributed by atoms with van der Waals surface area (Å²) in [5, 5.41) is 51.7. The standard InChI is InChI=1S/C24H40O6/c1-23-9-7-14(25)11-13(23)12-19(27)21-15-3-4-17(24(15,2)10-8-16(21)23)22(30)18(26)5-6-20(28)29/h13-19,21-22,25-27,30H,3-12H2,1-2H3,(H,28,29)/t13?,14-,15?,16?,17?,18?,19?,21?,22+,23+,24+/m1/s1. The number of hydrogen-bond acceptors (Lipinski definition) is 5. The van der Waals surface area contributed by atoms with Gasteiger partial charge in [0.25, 0.3) is 0 Å². The summed E-state index contributed by atoms with van der Waals surface area (Å²) in [4.78, 5) is 10.9. The van der Waals surface area contributed by atoms with E-state index in [1.54, 1.807) is 0 Å². The van der Waals surface area contributed by atoms with Crippen LogP contribution in [-0.2, 0) is 4.79 Å². The molecular weight excluding hydrogens is 384 g/mol. The molecule has 4 fully saturated rings. The number of aliphatic carboxylic acids is 1. The lowest BCUT2D eigenvalue weighted by molar-refractivity contribution is -0.179. The molecule has 0 spiro atoms. The molecule has 30 heavy (non-hydrogen) atoms. The first-order chi connectivity index (χ1) is 14.1. The van der Waals surface area contributed by atoms with E-state index < -0.39 is 18.2 Å². The van der Waals surface area contributed by atoms with Gasteiger partial charge in [-0.2, -0.15) is 0 Å². The minimum Gasteiger partial charge on any atom is -0.481 e. The Bertz CT molecular complexity index is 654. The van der Waals surface area contributed by atoms with Crippen LogP contribution in [0.5, 0.6) is 0 Å². The fourth-order valence-corrected chi connectivity index (χ4v) is 8.51. The Morgan fingerprint density at radius 3 is 2.33 bits per heavy atom. The molecule has 4 rings (SSSR count). The molecular formula is C24H40O6. The molecule has 0 amide bonds. The second-order valence-electron chi connectivity index (χ2n) is 11.4. The largest absolute Gasteiger partial charge is 0.481 e. The highest BCUT2D eigenvalue weighted by Crippen LogP contribution is 2.67. The average molecular weight is 425 g/mol. The summed E-state index contributed by atoms with van der Waals surface area (Å²) >= 11 is 0. The summed E-state index contributed by atoms with van der Waals surface area (Å²) in [7, 11) is 0. The zero-order valence-electron chi connectivity index (χ0n) is 18.4. The van der Waals surface area contributed by atoms with Crippen molar-refractivity contribution in [2.75, 3.05) is 0 Å². The van der Waals surface area contributed by atoms with Crippen LogP contribution < -0.4 is 0 Å². The molecule has 0 aromatic rings. The van der Waals surface area contributed by atoms with E-state index >= 15 is 0 Å². The van der Waals surface area contributed by atoms with Crippen LogP contribution in [0.1, 0.15) is 78.1 Å². The zero-order chi connectivity index (χ0) is 21.8. The topological polar surface area (TPSA) is 118 Å². The predicted molar refractivity (Wildman–Crippen MR) is 111 cm³/mol. The lowest BCUT2D eigenvalue weighted by atomic mass is 9.44. The molecule has 0 radical (unpaired) electrons. The molecule has 0 aromatic heterocycles.